The van der Waals surface area contributed by atoms with Crippen LogP contribution in [0, 0.1) is 17.7 Å². The molecule has 3 radical (unpaired) electrons. The number of primary amides is 1. The summed E-state index contributed by atoms with van der Waals surface area (Å²) in [6.07, 6.45) is 3.18. The Kier molecular flexibility index (Phi) is 6.70. The Morgan fingerprint density at radius 2 is 2.19 bits per heavy atom. The number of anilines is 1. The molecule has 1 aliphatic rings. The Morgan fingerprint density at radius 3 is 2.83 bits per heavy atom. The summed E-state index contributed by atoms with van der Waals surface area (Å²) in [5.74, 6) is 4.29. The summed E-state index contributed by atoms with van der Waals surface area (Å²) in [4.78, 5) is 30.6. The van der Waals surface area contributed by atoms with Gasteiger partial charge in [0, 0.05) is 27.7 Å². The molecule has 12 heteroatoms. The molecule has 3 heterocycles. The van der Waals surface area contributed by atoms with Gasteiger partial charge >= 0.3 is 0 Å². The number of ether oxygens (including phenoxy) is 1. The number of nitrogens with zero attached hydrogens (tertiary/aromatic N) is 5. The number of hydrogen-bond donors (Lipinski definition) is 2. The van der Waals surface area contributed by atoms with Crippen LogP contribution in [0.1, 0.15) is 28.0 Å². The van der Waals surface area contributed by atoms with E-state index in [2.05, 4.69) is 44.1 Å². The number of likely N-dealkylation sites (tertiary alicyclic amines) is 1. The second-order valence-corrected chi connectivity index (χ2v) is 9.44. The lowest BCUT2D eigenvalue weighted by molar-refractivity contribution is -0.127. The number of aryl methyl sites for hydroxylation is 1. The van der Waals surface area contributed by atoms with Crippen LogP contribution in [0.5, 0.6) is 0 Å². The maximum Gasteiger partial charge on any atom is 0.255 e. The average molecular weight is 507 g/mol. The fraction of sp³-hybridized carbons (Fsp3) is 0.333. The maximum absolute atomic E-state index is 15.0. The number of nitrogens with one attached hydrogen (secondary N) is 1. The highest BCUT2D eigenvalue weighted by atomic mass is 28.1. The quantitative estimate of drug-likeness (QED) is 0.289. The van der Waals surface area contributed by atoms with Gasteiger partial charge in [-0.2, -0.15) is 5.10 Å². The molecule has 1 aliphatic heterocycles. The minimum absolute atomic E-state index is 0.0544. The number of aromatic nitrogens is 4. The zero-order valence-electron chi connectivity index (χ0n) is 20.1. The Bertz CT molecular complexity index is 1440. The van der Waals surface area contributed by atoms with Crippen molar-refractivity contribution in [3.8, 4) is 11.8 Å². The zero-order valence-corrected chi connectivity index (χ0v) is 21.1. The van der Waals surface area contributed by atoms with E-state index in [0.717, 1.165) is 0 Å². The van der Waals surface area contributed by atoms with Crippen LogP contribution in [0.3, 0.4) is 0 Å². The number of imidazole rings is 1. The number of amides is 2. The number of rotatable bonds is 6. The maximum atomic E-state index is 15.0. The predicted molar refractivity (Wildman–Crippen MR) is 133 cm³/mol. The van der Waals surface area contributed by atoms with Crippen LogP contribution >= 0.6 is 0 Å². The van der Waals surface area contributed by atoms with Crippen LogP contribution in [0.4, 0.5) is 10.2 Å². The molecule has 0 spiro atoms. The Hall–Kier alpha value is -3.95. The molecule has 185 valence electrons. The van der Waals surface area contributed by atoms with Crippen molar-refractivity contribution in [2.24, 2.45) is 12.8 Å². The Balaban J connectivity index is 1.80. The summed E-state index contributed by atoms with van der Waals surface area (Å²) >= 11 is 0. The van der Waals surface area contributed by atoms with Gasteiger partial charge in [0.25, 0.3) is 5.91 Å². The summed E-state index contributed by atoms with van der Waals surface area (Å²) in [7, 11) is 8.74. The number of nitrogens with two attached hydrogens (primary N) is 1. The number of hydrogen-bond acceptors (Lipinski definition) is 6. The van der Waals surface area contributed by atoms with Crippen molar-refractivity contribution < 1.29 is 18.7 Å². The molecule has 1 aromatic carbocycles. The molecule has 3 aromatic rings. The lowest BCUT2D eigenvalue weighted by Gasteiger charge is -2.27. The molecule has 3 N–H and O–H groups in total. The number of fused-ring (bicyclic) bond motifs is 1. The van der Waals surface area contributed by atoms with Crippen molar-refractivity contribution in [2.75, 3.05) is 32.6 Å². The van der Waals surface area contributed by atoms with Gasteiger partial charge in [-0.1, -0.05) is 12.5 Å². The molecule has 2 atom stereocenters. The van der Waals surface area contributed by atoms with Gasteiger partial charge in [-0.15, -0.1) is 0 Å². The molecule has 0 aliphatic carbocycles. The third-order valence-electron chi connectivity index (χ3n) is 6.19. The molecule has 2 amide bonds. The smallest absolute Gasteiger partial charge is 0.255 e. The van der Waals surface area contributed by atoms with Gasteiger partial charge in [-0.05, 0) is 30.6 Å². The number of carbonyl (C=O) groups excluding carboxylic acids is 2. The summed E-state index contributed by atoms with van der Waals surface area (Å²) in [5.41, 5.74) is 6.75. The monoisotopic (exact) mass is 506 g/mol. The van der Waals surface area contributed by atoms with Crippen LogP contribution in [-0.2, 0) is 21.7 Å². The fourth-order valence-electron chi connectivity index (χ4n) is 4.52. The summed E-state index contributed by atoms with van der Waals surface area (Å²) < 4.78 is 23.5. The molecule has 2 aromatic heterocycles. The standard InChI is InChI=1S/C24H25FN7O3Si/c1-5-18(33)31-12-24(36,10-15(31)11-35-4)32-23(27-2)19(22(26)34)16(29-32)8-6-14-7-9-17-21(20(14)25)28-13-30(17)3/h5,7,9,13,15,27H,1,10-12H2,2-4H3,(H2,26,34)/t15-,24-/m1/s1. The molecular formula is C24H25FN7O3Si. The van der Waals surface area contributed by atoms with Crippen molar-refractivity contribution in [2.45, 2.75) is 17.6 Å². The van der Waals surface area contributed by atoms with Crippen molar-refractivity contribution in [1.82, 2.24) is 24.2 Å². The van der Waals surface area contributed by atoms with E-state index in [-0.39, 0.29) is 40.8 Å². The Labute approximate surface area is 210 Å². The fourth-order valence-corrected chi connectivity index (χ4v) is 5.08. The first-order valence-electron chi connectivity index (χ1n) is 11.0. The average Bonchev–Trinajstić information content (AvgIpc) is 3.52. The number of benzene rings is 1. The topological polar surface area (TPSA) is 120 Å². The highest BCUT2D eigenvalue weighted by Gasteiger charge is 2.46. The molecule has 0 unspecified atom stereocenters. The van der Waals surface area contributed by atoms with E-state index in [1.165, 1.54) is 12.4 Å². The third kappa shape index (κ3) is 4.16. The van der Waals surface area contributed by atoms with Gasteiger partial charge in [0.1, 0.15) is 16.9 Å². The van der Waals surface area contributed by atoms with E-state index in [4.69, 9.17) is 10.5 Å². The molecule has 4 rings (SSSR count). The van der Waals surface area contributed by atoms with Gasteiger partial charge in [-0.25, -0.2) is 14.1 Å². The van der Waals surface area contributed by atoms with Gasteiger partial charge in [0.05, 0.1) is 45.5 Å². The molecule has 1 saturated heterocycles. The first-order chi connectivity index (χ1) is 17.1. The summed E-state index contributed by atoms with van der Waals surface area (Å²) in [6, 6.07) is 3.00. The van der Waals surface area contributed by atoms with Gasteiger partial charge in [-0.3, -0.25) is 9.59 Å². The third-order valence-corrected chi connectivity index (χ3v) is 6.76. The van der Waals surface area contributed by atoms with Crippen molar-refractivity contribution in [3.05, 3.63) is 53.8 Å². The molecule has 0 bridgehead atoms. The van der Waals surface area contributed by atoms with Crippen molar-refractivity contribution in [3.63, 3.8) is 0 Å². The largest absolute Gasteiger partial charge is 0.383 e. The summed E-state index contributed by atoms with van der Waals surface area (Å²) in [5, 5.41) is 6.63. The van der Waals surface area contributed by atoms with E-state index in [0.29, 0.717) is 24.4 Å². The van der Waals surface area contributed by atoms with Gasteiger partial charge in [0.15, 0.2) is 11.5 Å². The van der Waals surface area contributed by atoms with Gasteiger partial charge < -0.3 is 25.3 Å². The minimum Gasteiger partial charge on any atom is -0.383 e. The lowest BCUT2D eigenvalue weighted by Crippen LogP contribution is -2.41. The van der Waals surface area contributed by atoms with Crippen molar-refractivity contribution in [1.29, 1.82) is 0 Å². The summed E-state index contributed by atoms with van der Waals surface area (Å²) in [6.45, 7) is 4.09. The highest BCUT2D eigenvalue weighted by Crippen LogP contribution is 2.35. The number of methoxy groups -OCH3 is 1. The first kappa shape index (κ1) is 25.1. The molecule has 0 saturated carbocycles. The molecular weight excluding hydrogens is 481 g/mol. The Morgan fingerprint density at radius 1 is 1.44 bits per heavy atom. The predicted octanol–water partition coefficient (Wildman–Crippen LogP) is 0.704. The minimum atomic E-state index is -0.900. The van der Waals surface area contributed by atoms with E-state index in [1.807, 2.05) is 0 Å². The molecule has 36 heavy (non-hydrogen) atoms. The van der Waals surface area contributed by atoms with Crippen molar-refractivity contribution >= 4 is 38.9 Å². The number of carbonyl (C=O) groups is 2. The highest BCUT2D eigenvalue weighted by molar-refractivity contribution is 6.15. The van der Waals surface area contributed by atoms with Crippen LogP contribution in [0.15, 0.2) is 31.1 Å². The first-order valence-corrected chi connectivity index (χ1v) is 11.5. The normalized spacial score (nSPS) is 19.2. The van der Waals surface area contributed by atoms with E-state index in [9.17, 15) is 14.0 Å². The molecule has 1 fully saturated rings. The molecule has 10 nitrogen and oxygen atoms in total. The second kappa shape index (κ2) is 9.60. The SMILES string of the molecule is C=CC(=O)N1C[C@@]([Si])(n2nc(C#Cc3ccc4c(ncn4C)c3F)c(C(N)=O)c2NC)C[C@@H]1COC. The second-order valence-electron chi connectivity index (χ2n) is 8.51. The van der Waals surface area contributed by atoms with Crippen LogP contribution < -0.4 is 11.1 Å². The van der Waals surface area contributed by atoms with E-state index < -0.39 is 16.9 Å². The van der Waals surface area contributed by atoms with E-state index >= 15 is 0 Å². The van der Waals surface area contributed by atoms with Crippen LogP contribution in [0.25, 0.3) is 11.0 Å². The van der Waals surface area contributed by atoms with Crippen LogP contribution in [0.2, 0.25) is 0 Å². The van der Waals surface area contributed by atoms with Crippen LogP contribution in [-0.4, -0.2) is 79.6 Å². The number of halogens is 1. The zero-order chi connectivity index (χ0) is 26.2. The van der Waals surface area contributed by atoms with Gasteiger partial charge in [0.2, 0.25) is 5.91 Å². The van der Waals surface area contributed by atoms with E-state index in [1.54, 1.807) is 47.5 Å². The lowest BCUT2D eigenvalue weighted by atomic mass is 10.1.